The number of amides is 1. The first-order valence-corrected chi connectivity index (χ1v) is 10.4. The summed E-state index contributed by atoms with van der Waals surface area (Å²) in [5.74, 6) is 0.189. The molecule has 0 fully saturated rings. The lowest BCUT2D eigenvalue weighted by Crippen LogP contribution is -2.34. The monoisotopic (exact) mass is 464 g/mol. The number of phenols is 1. The number of ether oxygens (including phenoxy) is 1. The second-order valence-corrected chi connectivity index (χ2v) is 7.80. The maximum absolute atomic E-state index is 12.7. The van der Waals surface area contributed by atoms with Crippen LogP contribution in [0.2, 0.25) is 0 Å². The summed E-state index contributed by atoms with van der Waals surface area (Å²) in [6, 6.07) is 10.4. The van der Waals surface area contributed by atoms with Crippen molar-refractivity contribution in [3.05, 3.63) is 52.0 Å². The topological polar surface area (TPSA) is 70.6 Å². The van der Waals surface area contributed by atoms with Gasteiger partial charge in [-0.25, -0.2) is 0 Å². The van der Waals surface area contributed by atoms with E-state index in [2.05, 4.69) is 33.5 Å². The van der Waals surface area contributed by atoms with Crippen molar-refractivity contribution in [3.63, 3.8) is 0 Å². The molecule has 0 atom stereocenters. The van der Waals surface area contributed by atoms with Gasteiger partial charge in [0.15, 0.2) is 5.11 Å². The molecule has 0 aliphatic carbocycles. The third kappa shape index (κ3) is 6.80. The smallest absolute Gasteiger partial charge is 0.261 e. The van der Waals surface area contributed by atoms with Crippen LogP contribution in [0, 0.1) is 6.92 Å². The third-order valence-electron chi connectivity index (χ3n) is 4.07. The van der Waals surface area contributed by atoms with Gasteiger partial charge in [-0.3, -0.25) is 10.1 Å². The van der Waals surface area contributed by atoms with E-state index in [9.17, 15) is 9.90 Å². The second-order valence-electron chi connectivity index (χ2n) is 6.48. The van der Waals surface area contributed by atoms with Gasteiger partial charge >= 0.3 is 0 Å². The zero-order chi connectivity index (χ0) is 20.5. The molecule has 2 aromatic carbocycles. The molecule has 3 N–H and O–H groups in total. The van der Waals surface area contributed by atoms with E-state index < -0.39 is 0 Å². The van der Waals surface area contributed by atoms with Gasteiger partial charge in [0, 0.05) is 4.47 Å². The van der Waals surface area contributed by atoms with Crippen LogP contribution in [0.3, 0.4) is 0 Å². The first-order chi connectivity index (χ1) is 13.4. The summed E-state index contributed by atoms with van der Waals surface area (Å²) < 4.78 is 6.58. The number of thiocarbonyl (C=S) groups is 1. The normalized spacial score (nSPS) is 10.4. The van der Waals surface area contributed by atoms with Crippen molar-refractivity contribution < 1.29 is 14.6 Å². The average molecular weight is 465 g/mol. The Morgan fingerprint density at radius 3 is 2.71 bits per heavy atom. The van der Waals surface area contributed by atoms with E-state index in [-0.39, 0.29) is 16.8 Å². The Morgan fingerprint density at radius 2 is 1.96 bits per heavy atom. The van der Waals surface area contributed by atoms with Gasteiger partial charge in [0.25, 0.3) is 5.91 Å². The number of rotatable bonds is 8. The predicted octanol–water partition coefficient (Wildman–Crippen LogP) is 5.55. The van der Waals surface area contributed by atoms with Crippen molar-refractivity contribution in [1.29, 1.82) is 0 Å². The quantitative estimate of drug-likeness (QED) is 0.271. The van der Waals surface area contributed by atoms with Crippen LogP contribution in [0.5, 0.6) is 11.5 Å². The van der Waals surface area contributed by atoms with E-state index in [1.165, 1.54) is 6.42 Å². The summed E-state index contributed by atoms with van der Waals surface area (Å²) >= 11 is 8.61. The molecule has 0 saturated carbocycles. The molecule has 0 aliphatic heterocycles. The molecular formula is C21H25BrN2O3S. The molecule has 2 aromatic rings. The molecule has 0 aromatic heterocycles. The molecule has 7 heteroatoms. The Labute approximate surface area is 179 Å². The van der Waals surface area contributed by atoms with Gasteiger partial charge in [0.2, 0.25) is 0 Å². The maximum Gasteiger partial charge on any atom is 0.261 e. The van der Waals surface area contributed by atoms with E-state index in [4.69, 9.17) is 17.0 Å². The Bertz CT molecular complexity index is 842. The second kappa shape index (κ2) is 11.0. The number of carbonyl (C=O) groups excluding carboxylic acids is 1. The minimum atomic E-state index is -0.380. The Morgan fingerprint density at radius 1 is 1.18 bits per heavy atom. The van der Waals surface area contributed by atoms with Crippen molar-refractivity contribution >= 4 is 44.9 Å². The molecule has 150 valence electrons. The number of unbranched alkanes of at least 4 members (excludes halogenated alkanes) is 3. The number of hydrogen-bond donors (Lipinski definition) is 3. The summed E-state index contributed by atoms with van der Waals surface area (Å²) in [6.07, 6.45) is 4.37. The molecule has 0 saturated heterocycles. The lowest BCUT2D eigenvalue weighted by Gasteiger charge is -2.14. The van der Waals surface area contributed by atoms with Crippen molar-refractivity contribution in [3.8, 4) is 11.5 Å². The molecule has 0 spiro atoms. The van der Waals surface area contributed by atoms with E-state index in [1.54, 1.807) is 30.3 Å². The number of phenolic OH excluding ortho intramolecular Hbond substituents is 1. The summed E-state index contributed by atoms with van der Waals surface area (Å²) in [7, 11) is 0. The maximum atomic E-state index is 12.7. The Hall–Kier alpha value is -2.12. The number of carbonyl (C=O) groups is 1. The SMILES string of the molecule is CCCCCCOc1ccc(Br)cc1C(=O)NC(=S)Nc1cc(C)ccc1O. The molecule has 0 unspecified atom stereocenters. The predicted molar refractivity (Wildman–Crippen MR) is 120 cm³/mol. The van der Waals surface area contributed by atoms with Crippen LogP contribution >= 0.6 is 28.1 Å². The fourth-order valence-electron chi connectivity index (χ4n) is 2.59. The number of benzene rings is 2. The highest BCUT2D eigenvalue weighted by molar-refractivity contribution is 9.10. The first kappa shape index (κ1) is 22.2. The fourth-order valence-corrected chi connectivity index (χ4v) is 3.15. The van der Waals surface area contributed by atoms with Crippen LogP contribution in [0.15, 0.2) is 40.9 Å². The number of hydrogen-bond acceptors (Lipinski definition) is 4. The van der Waals surface area contributed by atoms with E-state index in [0.717, 1.165) is 29.3 Å². The van der Waals surface area contributed by atoms with Crippen molar-refractivity contribution in [2.45, 2.75) is 39.5 Å². The highest BCUT2D eigenvalue weighted by Crippen LogP contribution is 2.25. The zero-order valence-corrected chi connectivity index (χ0v) is 18.5. The summed E-state index contributed by atoms with van der Waals surface area (Å²) in [4.78, 5) is 12.7. The molecule has 5 nitrogen and oxygen atoms in total. The van der Waals surface area contributed by atoms with Crippen LogP contribution in [0.1, 0.15) is 48.5 Å². The van der Waals surface area contributed by atoms with E-state index >= 15 is 0 Å². The number of aryl methyl sites for hydroxylation is 1. The minimum absolute atomic E-state index is 0.0563. The number of anilines is 1. The fraction of sp³-hybridized carbons (Fsp3) is 0.333. The minimum Gasteiger partial charge on any atom is -0.506 e. The van der Waals surface area contributed by atoms with Gasteiger partial charge in [-0.05, 0) is 61.5 Å². The molecule has 0 bridgehead atoms. The molecule has 1 amide bonds. The van der Waals surface area contributed by atoms with Crippen LogP contribution in [0.4, 0.5) is 5.69 Å². The van der Waals surface area contributed by atoms with Gasteiger partial charge in [-0.15, -0.1) is 0 Å². The van der Waals surface area contributed by atoms with Crippen molar-refractivity contribution in [2.24, 2.45) is 0 Å². The number of aromatic hydroxyl groups is 1. The van der Waals surface area contributed by atoms with Gasteiger partial charge in [0.05, 0.1) is 17.9 Å². The summed E-state index contributed by atoms with van der Waals surface area (Å²) in [6.45, 7) is 4.62. The van der Waals surface area contributed by atoms with Crippen molar-refractivity contribution in [1.82, 2.24) is 5.32 Å². The van der Waals surface area contributed by atoms with E-state index in [0.29, 0.717) is 23.6 Å². The lowest BCUT2D eigenvalue weighted by atomic mass is 10.2. The lowest BCUT2D eigenvalue weighted by molar-refractivity contribution is 0.0973. The van der Waals surface area contributed by atoms with Gasteiger partial charge in [-0.1, -0.05) is 48.2 Å². The highest BCUT2D eigenvalue weighted by atomic mass is 79.9. The average Bonchev–Trinajstić information content (AvgIpc) is 2.65. The highest BCUT2D eigenvalue weighted by Gasteiger charge is 2.15. The van der Waals surface area contributed by atoms with Crippen LogP contribution in [-0.4, -0.2) is 22.7 Å². The zero-order valence-electron chi connectivity index (χ0n) is 16.0. The van der Waals surface area contributed by atoms with Crippen molar-refractivity contribution in [2.75, 3.05) is 11.9 Å². The molecular weight excluding hydrogens is 440 g/mol. The van der Waals surface area contributed by atoms with Gasteiger partial charge < -0.3 is 15.2 Å². The molecule has 28 heavy (non-hydrogen) atoms. The number of nitrogens with one attached hydrogen (secondary N) is 2. The summed E-state index contributed by atoms with van der Waals surface area (Å²) in [5.41, 5.74) is 1.79. The first-order valence-electron chi connectivity index (χ1n) is 9.25. The van der Waals surface area contributed by atoms with Crippen LogP contribution in [0.25, 0.3) is 0 Å². The Balaban J connectivity index is 2.03. The largest absolute Gasteiger partial charge is 0.506 e. The van der Waals surface area contributed by atoms with Crippen LogP contribution < -0.4 is 15.4 Å². The van der Waals surface area contributed by atoms with Gasteiger partial charge in [-0.2, -0.15) is 0 Å². The molecule has 0 heterocycles. The standard InChI is InChI=1S/C21H25BrN2O3S/c1-3-4-5-6-11-27-19-10-8-15(22)13-16(19)20(26)24-21(28)23-17-12-14(2)7-9-18(17)25/h7-10,12-13,25H,3-6,11H2,1-2H3,(H2,23,24,26,28). The third-order valence-corrected chi connectivity index (χ3v) is 4.77. The van der Waals surface area contributed by atoms with Crippen LogP contribution in [-0.2, 0) is 0 Å². The number of halogens is 1. The Kier molecular flexibility index (Phi) is 8.73. The summed E-state index contributed by atoms with van der Waals surface area (Å²) in [5, 5.41) is 15.5. The van der Waals surface area contributed by atoms with Gasteiger partial charge in [0.1, 0.15) is 11.5 Å². The van der Waals surface area contributed by atoms with E-state index in [1.807, 2.05) is 13.0 Å². The molecule has 0 aliphatic rings. The molecule has 0 radical (unpaired) electrons. The molecule has 2 rings (SSSR count).